The number of aromatic nitrogens is 2. The van der Waals surface area contributed by atoms with E-state index in [9.17, 15) is 4.79 Å². The van der Waals surface area contributed by atoms with Crippen LogP contribution in [0, 0.1) is 5.41 Å². The summed E-state index contributed by atoms with van der Waals surface area (Å²) in [6, 6.07) is 3.80. The Morgan fingerprint density at radius 3 is 2.81 bits per heavy atom. The lowest BCUT2D eigenvalue weighted by Crippen LogP contribution is -2.16. The summed E-state index contributed by atoms with van der Waals surface area (Å²) in [5.41, 5.74) is 2.83. The van der Waals surface area contributed by atoms with Crippen molar-refractivity contribution in [2.75, 3.05) is 0 Å². The van der Waals surface area contributed by atoms with Crippen LogP contribution in [0.25, 0.3) is 10.9 Å². The summed E-state index contributed by atoms with van der Waals surface area (Å²) in [5, 5.41) is 11.4. The number of amidine groups is 1. The van der Waals surface area contributed by atoms with Gasteiger partial charge >= 0.3 is 0 Å². The Morgan fingerprint density at radius 1 is 1.31 bits per heavy atom. The van der Waals surface area contributed by atoms with E-state index >= 15 is 0 Å². The Hall–Kier alpha value is -2.04. The van der Waals surface area contributed by atoms with Crippen molar-refractivity contribution in [3.05, 3.63) is 33.6 Å². The fraction of sp³-hybridized carbons (Fsp3) is 0.273. The molecule has 0 spiro atoms. The summed E-state index contributed by atoms with van der Waals surface area (Å²) < 4.78 is 3.41. The molecule has 0 saturated heterocycles. The summed E-state index contributed by atoms with van der Waals surface area (Å²) in [6.45, 7) is 0.674. The molecule has 2 N–H and O–H groups in total. The third-order valence-corrected chi connectivity index (χ3v) is 3.27. The second-order valence-corrected chi connectivity index (χ2v) is 4.11. The third kappa shape index (κ3) is 0.946. The SMILES string of the molecule is Cn1c(=O)c2cc3c(cc2n1C)CNC3=N. The van der Waals surface area contributed by atoms with Crippen molar-refractivity contribution in [2.24, 2.45) is 14.1 Å². The summed E-state index contributed by atoms with van der Waals surface area (Å²) in [6.07, 6.45) is 0. The van der Waals surface area contributed by atoms with Gasteiger partial charge in [-0.3, -0.25) is 19.6 Å². The van der Waals surface area contributed by atoms with Crippen molar-refractivity contribution in [3.63, 3.8) is 0 Å². The Morgan fingerprint density at radius 2 is 2.06 bits per heavy atom. The van der Waals surface area contributed by atoms with Crippen LogP contribution < -0.4 is 10.9 Å². The molecule has 0 atom stereocenters. The molecular weight excluding hydrogens is 204 g/mol. The number of hydrogen-bond acceptors (Lipinski definition) is 2. The molecular formula is C11H12N4O. The van der Waals surface area contributed by atoms with E-state index < -0.39 is 0 Å². The highest BCUT2D eigenvalue weighted by Gasteiger charge is 2.19. The van der Waals surface area contributed by atoms with E-state index in [4.69, 9.17) is 5.41 Å². The van der Waals surface area contributed by atoms with Crippen LogP contribution in [0.3, 0.4) is 0 Å². The minimum atomic E-state index is -0.0139. The van der Waals surface area contributed by atoms with Gasteiger partial charge in [-0.2, -0.15) is 0 Å². The van der Waals surface area contributed by atoms with Gasteiger partial charge in [-0.25, -0.2) is 0 Å². The standard InChI is InChI=1S/C11H12N4O/c1-14-9-3-6-5-13-10(12)7(6)4-8(9)11(16)15(14)2/h3-4H,5H2,1-2H3,(H2,12,13). The average Bonchev–Trinajstić information content (AvgIpc) is 2.74. The van der Waals surface area contributed by atoms with E-state index in [1.807, 2.05) is 23.9 Å². The second-order valence-electron chi connectivity index (χ2n) is 4.11. The van der Waals surface area contributed by atoms with E-state index in [0.29, 0.717) is 17.8 Å². The Balaban J connectivity index is 2.49. The zero-order chi connectivity index (χ0) is 11.4. The predicted octanol–water partition coefficient (Wildman–Crippen LogP) is 0.306. The minimum absolute atomic E-state index is 0.0139. The van der Waals surface area contributed by atoms with Crippen molar-refractivity contribution < 1.29 is 0 Å². The van der Waals surface area contributed by atoms with E-state index in [-0.39, 0.29) is 5.56 Å². The van der Waals surface area contributed by atoms with Crippen molar-refractivity contribution >= 4 is 16.7 Å². The van der Waals surface area contributed by atoms with Crippen LogP contribution in [0.2, 0.25) is 0 Å². The normalized spacial score (nSPS) is 14.2. The topological polar surface area (TPSA) is 62.8 Å². The lowest BCUT2D eigenvalue weighted by molar-refractivity contribution is 0.595. The second kappa shape index (κ2) is 2.75. The zero-order valence-corrected chi connectivity index (χ0v) is 9.16. The number of nitrogens with one attached hydrogen (secondary N) is 2. The minimum Gasteiger partial charge on any atom is -0.366 e. The van der Waals surface area contributed by atoms with Gasteiger partial charge in [0, 0.05) is 26.2 Å². The van der Waals surface area contributed by atoms with E-state index in [1.165, 1.54) is 0 Å². The van der Waals surface area contributed by atoms with Gasteiger partial charge in [-0.05, 0) is 17.7 Å². The Labute approximate surface area is 91.8 Å². The summed E-state index contributed by atoms with van der Waals surface area (Å²) in [7, 11) is 3.61. The maximum Gasteiger partial charge on any atom is 0.274 e. The largest absolute Gasteiger partial charge is 0.366 e. The first kappa shape index (κ1) is 9.21. The first-order valence-electron chi connectivity index (χ1n) is 5.11. The van der Waals surface area contributed by atoms with Gasteiger partial charge in [-0.1, -0.05) is 0 Å². The highest BCUT2D eigenvalue weighted by atomic mass is 16.1. The van der Waals surface area contributed by atoms with Crippen molar-refractivity contribution in [1.29, 1.82) is 5.41 Å². The number of fused-ring (bicyclic) bond motifs is 2. The molecule has 0 aliphatic carbocycles. The van der Waals surface area contributed by atoms with Gasteiger partial charge in [0.05, 0.1) is 10.9 Å². The lowest BCUT2D eigenvalue weighted by atomic mass is 10.1. The molecule has 5 nitrogen and oxygen atoms in total. The Bertz CT molecular complexity index is 677. The fourth-order valence-corrected chi connectivity index (χ4v) is 2.20. The average molecular weight is 216 g/mol. The highest BCUT2D eigenvalue weighted by Crippen LogP contribution is 2.21. The van der Waals surface area contributed by atoms with Gasteiger partial charge in [0.15, 0.2) is 0 Å². The first-order valence-corrected chi connectivity index (χ1v) is 5.11. The van der Waals surface area contributed by atoms with E-state index in [0.717, 1.165) is 16.6 Å². The van der Waals surface area contributed by atoms with E-state index in [2.05, 4.69) is 5.32 Å². The van der Waals surface area contributed by atoms with Gasteiger partial charge in [0.1, 0.15) is 5.84 Å². The van der Waals surface area contributed by atoms with Crippen LogP contribution in [0.4, 0.5) is 0 Å². The maximum absolute atomic E-state index is 11.9. The van der Waals surface area contributed by atoms with Crippen molar-refractivity contribution in [3.8, 4) is 0 Å². The number of nitrogens with zero attached hydrogens (tertiary/aromatic N) is 2. The molecule has 16 heavy (non-hydrogen) atoms. The number of benzene rings is 1. The summed E-state index contributed by atoms with van der Waals surface area (Å²) in [4.78, 5) is 11.9. The summed E-state index contributed by atoms with van der Waals surface area (Å²) in [5.74, 6) is 0.405. The summed E-state index contributed by atoms with van der Waals surface area (Å²) >= 11 is 0. The quantitative estimate of drug-likeness (QED) is 0.665. The van der Waals surface area contributed by atoms with Gasteiger partial charge in [-0.15, -0.1) is 0 Å². The first-order chi connectivity index (χ1) is 7.59. The fourth-order valence-electron chi connectivity index (χ4n) is 2.20. The van der Waals surface area contributed by atoms with Gasteiger partial charge in [0.2, 0.25) is 0 Å². The molecule has 0 saturated carbocycles. The van der Waals surface area contributed by atoms with Gasteiger partial charge < -0.3 is 5.32 Å². The van der Waals surface area contributed by atoms with Crippen LogP contribution in [-0.2, 0) is 20.6 Å². The highest BCUT2D eigenvalue weighted by molar-refractivity contribution is 6.03. The van der Waals surface area contributed by atoms with Crippen LogP contribution in [0.15, 0.2) is 16.9 Å². The molecule has 1 aromatic heterocycles. The number of hydrogen-bond donors (Lipinski definition) is 2. The molecule has 1 aliphatic heterocycles. The number of rotatable bonds is 0. The molecule has 2 aromatic rings. The number of aryl methyl sites for hydroxylation is 1. The molecule has 3 rings (SSSR count). The monoisotopic (exact) mass is 216 g/mol. The molecule has 2 heterocycles. The lowest BCUT2D eigenvalue weighted by Gasteiger charge is -2.01. The van der Waals surface area contributed by atoms with Crippen molar-refractivity contribution in [1.82, 2.24) is 14.7 Å². The van der Waals surface area contributed by atoms with Crippen LogP contribution in [0.1, 0.15) is 11.1 Å². The van der Waals surface area contributed by atoms with Crippen LogP contribution >= 0.6 is 0 Å². The molecule has 1 aromatic carbocycles. The van der Waals surface area contributed by atoms with Crippen molar-refractivity contribution in [2.45, 2.75) is 6.54 Å². The third-order valence-electron chi connectivity index (χ3n) is 3.27. The molecule has 0 amide bonds. The molecule has 0 bridgehead atoms. The molecule has 82 valence electrons. The smallest absolute Gasteiger partial charge is 0.274 e. The van der Waals surface area contributed by atoms with Gasteiger partial charge in [0.25, 0.3) is 5.56 Å². The molecule has 5 heteroatoms. The molecule has 1 aliphatic rings. The van der Waals surface area contributed by atoms with E-state index in [1.54, 1.807) is 11.7 Å². The van der Waals surface area contributed by atoms with Crippen LogP contribution in [0.5, 0.6) is 0 Å². The zero-order valence-electron chi connectivity index (χ0n) is 9.16. The maximum atomic E-state index is 11.9. The predicted molar refractivity (Wildman–Crippen MR) is 61.8 cm³/mol. The molecule has 0 radical (unpaired) electrons. The molecule has 0 unspecified atom stereocenters. The van der Waals surface area contributed by atoms with Crippen LogP contribution in [-0.4, -0.2) is 15.2 Å². The molecule has 0 fully saturated rings. The Kier molecular flexibility index (Phi) is 1.58.